The van der Waals surface area contributed by atoms with E-state index in [1.165, 1.54) is 9.80 Å². The molecule has 0 saturated carbocycles. The fourth-order valence-electron chi connectivity index (χ4n) is 4.50. The molecule has 0 aromatic heterocycles. The van der Waals surface area contributed by atoms with E-state index < -0.39 is 37.7 Å². The molecule has 0 radical (unpaired) electrons. The zero-order valence-electron chi connectivity index (χ0n) is 22.0. The Hall–Kier alpha value is -1.95. The molecule has 2 N–H and O–H groups in total. The fraction of sp³-hybridized carbons (Fsp3) is 0.417. The van der Waals surface area contributed by atoms with Gasteiger partial charge in [0, 0.05) is 41.7 Å². The van der Waals surface area contributed by atoms with Gasteiger partial charge in [-0.25, -0.2) is 35.1 Å². The van der Waals surface area contributed by atoms with E-state index in [0.717, 1.165) is 24.3 Å². The van der Waals surface area contributed by atoms with Crippen LogP contribution in [-0.2, 0) is 20.0 Å². The zero-order chi connectivity index (χ0) is 31.6. The third kappa shape index (κ3) is 8.15. The molecule has 228 valence electrons. The average Bonchev–Trinajstić information content (AvgIpc) is 3.42. The lowest BCUT2D eigenvalue weighted by Crippen LogP contribution is -2.36. The van der Waals surface area contributed by atoms with Gasteiger partial charge in [-0.2, -0.15) is 10.5 Å². The smallest absolute Gasteiger partial charge is 0.242 e. The number of nitrogens with zero attached hydrogens (tertiary/aromatic N) is 4. The summed E-state index contributed by atoms with van der Waals surface area (Å²) in [5.74, 6) is -1.49. The summed E-state index contributed by atoms with van der Waals surface area (Å²) in [7, 11) is -7.79. The van der Waals surface area contributed by atoms with Crippen LogP contribution in [0.4, 0.5) is 8.78 Å². The lowest BCUT2D eigenvalue weighted by Gasteiger charge is -2.14. The van der Waals surface area contributed by atoms with Crippen molar-refractivity contribution in [3.05, 3.63) is 55.4 Å². The van der Waals surface area contributed by atoms with E-state index in [9.17, 15) is 25.6 Å². The molecule has 2 aliphatic heterocycles. The minimum Gasteiger partial charge on any atom is -0.306 e. The van der Waals surface area contributed by atoms with E-state index >= 15 is 0 Å². The standard InChI is InChI=1S/C12H12BrClFN3O2S.C12H12Cl2FN3O2S/c1-7-2-8(5-18(7)6-16)17-21(19,20)12-4-10(14)11(15)3-9(12)13;1-7-2-8(5-18(7)6-16)17-21(19,20)12-4-9(13)11(15)3-10(12)14/h2*3-4,7-8,17H,2,5H2,1H3/t2*7-,8+/m00/s1. The monoisotopic (exact) mass is 746 g/mol. The van der Waals surface area contributed by atoms with Crippen molar-refractivity contribution < 1.29 is 25.6 Å². The maximum Gasteiger partial charge on any atom is 0.242 e. The first kappa shape index (κ1) is 34.5. The van der Waals surface area contributed by atoms with Gasteiger partial charge >= 0.3 is 0 Å². The van der Waals surface area contributed by atoms with Gasteiger partial charge in [0.1, 0.15) is 16.5 Å². The number of likely N-dealkylation sites (tertiary alicyclic amines) is 2. The first-order valence-corrected chi connectivity index (χ1v) is 17.0. The van der Waals surface area contributed by atoms with Gasteiger partial charge in [-0.3, -0.25) is 0 Å². The number of sulfonamides is 2. The molecule has 2 saturated heterocycles. The molecule has 0 amide bonds. The van der Waals surface area contributed by atoms with Gasteiger partial charge < -0.3 is 9.80 Å². The van der Waals surface area contributed by atoms with Gasteiger partial charge in [-0.1, -0.05) is 34.8 Å². The number of rotatable bonds is 6. The predicted octanol–water partition coefficient (Wildman–Crippen LogP) is 4.82. The van der Waals surface area contributed by atoms with Crippen molar-refractivity contribution in [3.63, 3.8) is 0 Å². The Morgan fingerprint density at radius 3 is 1.62 bits per heavy atom. The van der Waals surface area contributed by atoms with Crippen LogP contribution in [0.2, 0.25) is 15.1 Å². The van der Waals surface area contributed by atoms with E-state index in [-0.39, 0.29) is 54.0 Å². The number of hydrogen-bond donors (Lipinski definition) is 2. The summed E-state index contributed by atoms with van der Waals surface area (Å²) >= 11 is 20.0. The molecule has 2 aliphatic rings. The number of halogens is 6. The summed E-state index contributed by atoms with van der Waals surface area (Å²) in [5.41, 5.74) is 0. The summed E-state index contributed by atoms with van der Waals surface area (Å²) < 4.78 is 80.9. The number of nitriles is 2. The zero-order valence-corrected chi connectivity index (χ0v) is 27.4. The molecule has 4 rings (SSSR count). The molecular weight excluding hydrogens is 725 g/mol. The maximum atomic E-state index is 13.3. The third-order valence-electron chi connectivity index (χ3n) is 6.58. The molecule has 2 heterocycles. The van der Waals surface area contributed by atoms with Crippen LogP contribution in [0.5, 0.6) is 0 Å². The Morgan fingerprint density at radius 2 is 1.19 bits per heavy atom. The number of nitrogens with one attached hydrogen (secondary N) is 2. The van der Waals surface area contributed by atoms with Crippen LogP contribution < -0.4 is 9.44 Å². The molecule has 2 aromatic carbocycles. The van der Waals surface area contributed by atoms with Crippen molar-refractivity contribution in [2.45, 2.75) is 60.6 Å². The Kier molecular flexibility index (Phi) is 11.3. The minimum absolute atomic E-state index is 0.0250. The highest BCUT2D eigenvalue weighted by Gasteiger charge is 2.34. The summed E-state index contributed by atoms with van der Waals surface area (Å²) in [5, 5.41) is 17.0. The molecule has 0 aliphatic carbocycles. The third-order valence-corrected chi connectivity index (χ3v) is 11.6. The van der Waals surface area contributed by atoms with Crippen molar-refractivity contribution in [2.75, 3.05) is 13.1 Å². The second kappa shape index (κ2) is 13.8. The van der Waals surface area contributed by atoms with Gasteiger partial charge in [0.2, 0.25) is 20.0 Å². The second-order valence-electron chi connectivity index (χ2n) is 9.70. The normalized spacial score (nSPS) is 22.3. The van der Waals surface area contributed by atoms with Crippen LogP contribution in [0.3, 0.4) is 0 Å². The van der Waals surface area contributed by atoms with Gasteiger partial charge in [0.05, 0.1) is 20.0 Å². The van der Waals surface area contributed by atoms with E-state index in [4.69, 9.17) is 45.3 Å². The predicted molar refractivity (Wildman–Crippen MR) is 157 cm³/mol. The maximum absolute atomic E-state index is 13.3. The second-order valence-corrected chi connectivity index (χ2v) is 15.1. The molecule has 0 spiro atoms. The first-order chi connectivity index (χ1) is 19.5. The lowest BCUT2D eigenvalue weighted by atomic mass is 10.2. The fourth-order valence-corrected chi connectivity index (χ4v) is 9.01. The minimum atomic E-state index is -3.94. The van der Waals surface area contributed by atoms with E-state index in [2.05, 4.69) is 25.4 Å². The molecule has 2 aromatic rings. The van der Waals surface area contributed by atoms with Crippen LogP contribution in [0.15, 0.2) is 38.5 Å². The molecule has 0 unspecified atom stereocenters. The Morgan fingerprint density at radius 1 is 0.786 bits per heavy atom. The van der Waals surface area contributed by atoms with Crippen molar-refractivity contribution in [1.29, 1.82) is 10.5 Å². The largest absolute Gasteiger partial charge is 0.306 e. The van der Waals surface area contributed by atoms with Crippen molar-refractivity contribution in [2.24, 2.45) is 0 Å². The van der Waals surface area contributed by atoms with E-state index in [1.807, 2.05) is 26.2 Å². The SMILES string of the molecule is C[C@H]1C[C@@H](NS(=O)(=O)c2cc(Cl)c(F)cc2Br)CN1C#N.C[C@H]1C[C@@H](NS(=O)(=O)c2cc(Cl)c(F)cc2Cl)CN1C#N. The van der Waals surface area contributed by atoms with E-state index in [1.54, 1.807) is 0 Å². The lowest BCUT2D eigenvalue weighted by molar-refractivity contribution is 0.386. The van der Waals surface area contributed by atoms with Crippen molar-refractivity contribution in [3.8, 4) is 12.4 Å². The number of benzene rings is 2. The van der Waals surface area contributed by atoms with Crippen molar-refractivity contribution in [1.82, 2.24) is 19.2 Å². The first-order valence-electron chi connectivity index (χ1n) is 12.2. The number of hydrogen-bond acceptors (Lipinski definition) is 8. The highest BCUT2D eigenvalue weighted by atomic mass is 79.9. The van der Waals surface area contributed by atoms with Crippen LogP contribution in [0.1, 0.15) is 26.7 Å². The summed E-state index contributed by atoms with van der Waals surface area (Å²) in [6.45, 7) is 4.27. The summed E-state index contributed by atoms with van der Waals surface area (Å²) in [4.78, 5) is 2.60. The molecule has 42 heavy (non-hydrogen) atoms. The highest BCUT2D eigenvalue weighted by Crippen LogP contribution is 2.30. The van der Waals surface area contributed by atoms with E-state index in [0.29, 0.717) is 19.4 Å². The summed E-state index contributed by atoms with van der Waals surface area (Å²) in [6.07, 6.45) is 5.04. The van der Waals surface area contributed by atoms with Crippen LogP contribution in [-0.4, -0.2) is 63.9 Å². The summed E-state index contributed by atoms with van der Waals surface area (Å²) in [6, 6.07) is 3.04. The highest BCUT2D eigenvalue weighted by molar-refractivity contribution is 9.10. The molecule has 10 nitrogen and oxygen atoms in total. The van der Waals surface area contributed by atoms with Crippen LogP contribution in [0.25, 0.3) is 0 Å². The topological polar surface area (TPSA) is 146 Å². The average molecular weight is 749 g/mol. The van der Waals surface area contributed by atoms with Crippen LogP contribution in [0, 0.1) is 34.5 Å². The Labute approximate surface area is 266 Å². The molecule has 18 heteroatoms. The molecule has 0 bridgehead atoms. The molecule has 2 fully saturated rings. The van der Waals surface area contributed by atoms with Gasteiger partial charge in [0.15, 0.2) is 12.4 Å². The van der Waals surface area contributed by atoms with Crippen LogP contribution >= 0.6 is 50.7 Å². The molecular formula is C24H24BrCl3F2N6O4S2. The molecule has 4 atom stereocenters. The van der Waals surface area contributed by atoms with Crippen molar-refractivity contribution >= 4 is 70.8 Å². The Bertz CT molecular complexity index is 1540. The van der Waals surface area contributed by atoms with Gasteiger partial charge in [-0.05, 0) is 66.9 Å². The van der Waals surface area contributed by atoms with Gasteiger partial charge in [0.25, 0.3) is 0 Å². The van der Waals surface area contributed by atoms with Gasteiger partial charge in [-0.15, -0.1) is 0 Å². The quantitative estimate of drug-likeness (QED) is 0.316. The Balaban J connectivity index is 0.000000230.